The maximum absolute atomic E-state index is 5.63. The summed E-state index contributed by atoms with van der Waals surface area (Å²) in [5.41, 5.74) is 1.79. The van der Waals surface area contributed by atoms with Gasteiger partial charge in [-0.25, -0.2) is 0 Å². The van der Waals surface area contributed by atoms with Gasteiger partial charge in [-0.05, 0) is 79.9 Å². The molecule has 21 heavy (non-hydrogen) atoms. The number of rotatable bonds is 3. The Balaban J connectivity index is 1.71. The SMILES string of the molecule is COc1ccc(Br)cc1C(Br)C12CC3CC(CC(C3)C1)C2. The largest absolute Gasteiger partial charge is 0.496 e. The number of ether oxygens (including phenoxy) is 1. The van der Waals surface area contributed by atoms with E-state index in [-0.39, 0.29) is 0 Å². The predicted octanol–water partition coefficient (Wildman–Crippen LogP) is 6.11. The minimum atomic E-state index is 0.422. The van der Waals surface area contributed by atoms with Gasteiger partial charge in [-0.2, -0.15) is 0 Å². The molecule has 0 radical (unpaired) electrons. The van der Waals surface area contributed by atoms with Crippen molar-refractivity contribution in [2.45, 2.75) is 43.4 Å². The highest BCUT2D eigenvalue weighted by Crippen LogP contribution is 2.66. The number of hydrogen-bond acceptors (Lipinski definition) is 1. The predicted molar refractivity (Wildman–Crippen MR) is 93.0 cm³/mol. The zero-order valence-electron chi connectivity index (χ0n) is 12.4. The topological polar surface area (TPSA) is 9.23 Å². The molecule has 0 aliphatic heterocycles. The van der Waals surface area contributed by atoms with Crippen molar-refractivity contribution in [1.82, 2.24) is 0 Å². The first-order chi connectivity index (χ1) is 10.1. The summed E-state index contributed by atoms with van der Waals surface area (Å²) in [7, 11) is 1.78. The fourth-order valence-corrected chi connectivity index (χ4v) is 7.02. The van der Waals surface area contributed by atoms with E-state index in [1.807, 2.05) is 0 Å². The molecule has 1 unspecified atom stereocenters. The summed E-state index contributed by atoms with van der Waals surface area (Å²) in [6, 6.07) is 6.41. The van der Waals surface area contributed by atoms with Gasteiger partial charge in [0.05, 0.1) is 7.11 Å². The van der Waals surface area contributed by atoms with Gasteiger partial charge in [0.15, 0.2) is 0 Å². The Hall–Kier alpha value is -0.0200. The lowest BCUT2D eigenvalue weighted by Crippen LogP contribution is -2.47. The molecule has 4 bridgehead atoms. The second kappa shape index (κ2) is 5.26. The third-order valence-corrected chi connectivity index (χ3v) is 8.05. The summed E-state index contributed by atoms with van der Waals surface area (Å²) >= 11 is 7.73. The molecular formula is C18H22Br2O. The second-order valence-electron chi connectivity index (χ2n) is 7.53. The van der Waals surface area contributed by atoms with Gasteiger partial charge in [0.1, 0.15) is 5.75 Å². The second-order valence-corrected chi connectivity index (χ2v) is 9.36. The van der Waals surface area contributed by atoms with Crippen LogP contribution in [0.2, 0.25) is 0 Å². The number of hydrogen-bond donors (Lipinski definition) is 0. The van der Waals surface area contributed by atoms with Crippen molar-refractivity contribution in [1.29, 1.82) is 0 Å². The summed E-state index contributed by atoms with van der Waals surface area (Å²) < 4.78 is 6.78. The fraction of sp³-hybridized carbons (Fsp3) is 0.667. The average molecular weight is 414 g/mol. The van der Waals surface area contributed by atoms with Crippen LogP contribution in [-0.2, 0) is 0 Å². The summed E-state index contributed by atoms with van der Waals surface area (Å²) in [5.74, 6) is 3.97. The monoisotopic (exact) mass is 412 g/mol. The molecule has 114 valence electrons. The molecule has 4 aliphatic carbocycles. The third kappa shape index (κ3) is 2.39. The van der Waals surface area contributed by atoms with Crippen molar-refractivity contribution in [2.75, 3.05) is 7.11 Å². The molecule has 0 saturated heterocycles. The van der Waals surface area contributed by atoms with Crippen molar-refractivity contribution < 1.29 is 4.74 Å². The molecule has 0 heterocycles. The molecule has 0 aromatic heterocycles. The number of benzene rings is 1. The van der Waals surface area contributed by atoms with Crippen molar-refractivity contribution in [3.8, 4) is 5.75 Å². The normalized spacial score (nSPS) is 38.5. The molecule has 0 N–H and O–H groups in total. The molecule has 3 heteroatoms. The summed E-state index contributed by atoms with van der Waals surface area (Å²) in [5, 5.41) is 0. The maximum atomic E-state index is 5.63. The minimum Gasteiger partial charge on any atom is -0.496 e. The van der Waals surface area contributed by atoms with Crippen LogP contribution in [0.3, 0.4) is 0 Å². The molecule has 4 fully saturated rings. The molecule has 4 saturated carbocycles. The molecule has 1 aromatic rings. The van der Waals surface area contributed by atoms with Crippen LogP contribution < -0.4 is 4.74 Å². The summed E-state index contributed by atoms with van der Waals surface area (Å²) in [6.07, 6.45) is 8.71. The zero-order valence-corrected chi connectivity index (χ0v) is 15.6. The molecule has 1 aromatic carbocycles. The van der Waals surface area contributed by atoms with Crippen LogP contribution in [-0.4, -0.2) is 7.11 Å². The fourth-order valence-electron chi connectivity index (χ4n) is 5.72. The standard InChI is InChI=1S/C18H22Br2O/c1-21-16-3-2-14(19)7-15(16)17(20)18-8-11-4-12(9-18)6-13(5-11)10-18/h2-3,7,11-13,17H,4-6,8-10H2,1H3. The van der Waals surface area contributed by atoms with E-state index in [9.17, 15) is 0 Å². The van der Waals surface area contributed by atoms with E-state index in [0.29, 0.717) is 10.2 Å². The number of methoxy groups -OCH3 is 1. The van der Waals surface area contributed by atoms with E-state index >= 15 is 0 Å². The Morgan fingerprint density at radius 2 is 1.67 bits per heavy atom. The Morgan fingerprint density at radius 1 is 1.10 bits per heavy atom. The maximum Gasteiger partial charge on any atom is 0.123 e. The van der Waals surface area contributed by atoms with Gasteiger partial charge in [-0.15, -0.1) is 0 Å². The first-order valence-electron chi connectivity index (χ1n) is 8.07. The Labute approximate surface area is 144 Å². The first-order valence-corrected chi connectivity index (χ1v) is 9.78. The van der Waals surface area contributed by atoms with Gasteiger partial charge >= 0.3 is 0 Å². The van der Waals surface area contributed by atoms with Crippen molar-refractivity contribution in [3.63, 3.8) is 0 Å². The quantitative estimate of drug-likeness (QED) is 0.543. The van der Waals surface area contributed by atoms with E-state index in [0.717, 1.165) is 28.0 Å². The van der Waals surface area contributed by atoms with Gasteiger partial charge < -0.3 is 4.74 Å². The Bertz CT molecular complexity index is 519. The molecular weight excluding hydrogens is 392 g/mol. The smallest absolute Gasteiger partial charge is 0.123 e. The van der Waals surface area contributed by atoms with E-state index in [4.69, 9.17) is 4.74 Å². The van der Waals surface area contributed by atoms with E-state index in [1.165, 1.54) is 44.1 Å². The lowest BCUT2D eigenvalue weighted by atomic mass is 9.48. The summed E-state index contributed by atoms with van der Waals surface area (Å²) in [4.78, 5) is 0.422. The number of alkyl halides is 1. The van der Waals surface area contributed by atoms with Gasteiger partial charge in [0.2, 0.25) is 0 Å². The molecule has 0 spiro atoms. The molecule has 5 rings (SSSR count). The average Bonchev–Trinajstić information content (AvgIpc) is 2.45. The third-order valence-electron chi connectivity index (χ3n) is 6.09. The van der Waals surface area contributed by atoms with Crippen molar-refractivity contribution in [2.24, 2.45) is 23.2 Å². The first kappa shape index (κ1) is 14.6. The molecule has 4 aliphatic rings. The molecule has 1 atom stereocenters. The highest BCUT2D eigenvalue weighted by molar-refractivity contribution is 9.10. The van der Waals surface area contributed by atoms with Crippen LogP contribution in [0.4, 0.5) is 0 Å². The number of halogens is 2. The van der Waals surface area contributed by atoms with Gasteiger partial charge in [0.25, 0.3) is 0 Å². The molecule has 0 amide bonds. The summed E-state index contributed by atoms with van der Waals surface area (Å²) in [6.45, 7) is 0. The highest BCUT2D eigenvalue weighted by Gasteiger charge is 2.54. The van der Waals surface area contributed by atoms with E-state index in [2.05, 4.69) is 50.1 Å². The minimum absolute atomic E-state index is 0.422. The van der Waals surface area contributed by atoms with Crippen LogP contribution in [0.25, 0.3) is 0 Å². The van der Waals surface area contributed by atoms with Crippen LogP contribution in [0.5, 0.6) is 5.75 Å². The van der Waals surface area contributed by atoms with Gasteiger partial charge in [0, 0.05) is 14.9 Å². The molecule has 1 nitrogen and oxygen atoms in total. The van der Waals surface area contributed by atoms with Crippen LogP contribution in [0.15, 0.2) is 22.7 Å². The zero-order chi connectivity index (χ0) is 14.6. The highest BCUT2D eigenvalue weighted by atomic mass is 79.9. The van der Waals surface area contributed by atoms with E-state index in [1.54, 1.807) is 7.11 Å². The lowest BCUT2D eigenvalue weighted by molar-refractivity contribution is -0.0530. The van der Waals surface area contributed by atoms with Crippen molar-refractivity contribution in [3.05, 3.63) is 28.2 Å². The van der Waals surface area contributed by atoms with Gasteiger partial charge in [-0.3, -0.25) is 0 Å². The Kier molecular flexibility index (Phi) is 3.65. The van der Waals surface area contributed by atoms with Crippen LogP contribution in [0.1, 0.15) is 48.9 Å². The Morgan fingerprint density at radius 3 is 2.19 bits per heavy atom. The van der Waals surface area contributed by atoms with E-state index < -0.39 is 0 Å². The lowest BCUT2D eigenvalue weighted by Gasteiger charge is -2.58. The van der Waals surface area contributed by atoms with Crippen molar-refractivity contribution >= 4 is 31.9 Å². The van der Waals surface area contributed by atoms with Gasteiger partial charge in [-0.1, -0.05) is 31.9 Å². The van der Waals surface area contributed by atoms with Crippen LogP contribution in [0, 0.1) is 23.2 Å². The van der Waals surface area contributed by atoms with Crippen LogP contribution >= 0.6 is 31.9 Å².